The molecule has 0 aromatic carbocycles. The van der Waals surface area contributed by atoms with Crippen molar-refractivity contribution in [1.29, 1.82) is 0 Å². The second-order valence-corrected chi connectivity index (χ2v) is 4.44. The van der Waals surface area contributed by atoms with E-state index in [0.717, 1.165) is 0 Å². The number of aliphatic hydroxyl groups excluding tert-OH is 4. The Labute approximate surface area is 87.5 Å². The fraction of sp³-hybridized carbons (Fsp3) is 1.00. The van der Waals surface area contributed by atoms with E-state index in [0.29, 0.717) is 6.42 Å². The molecule has 0 amide bonds. The quantitative estimate of drug-likeness (QED) is 0.535. The fourth-order valence-electron chi connectivity index (χ4n) is 0.662. The normalized spacial score (nSPS) is 21.5. The monoisotopic (exact) mass is 306 g/mol. The maximum absolute atomic E-state index is 9.17. The van der Waals surface area contributed by atoms with E-state index in [1.807, 2.05) is 0 Å². The van der Waals surface area contributed by atoms with Crippen LogP contribution in [0.2, 0.25) is 0 Å². The molecule has 0 bridgehead atoms. The van der Waals surface area contributed by atoms with Gasteiger partial charge in [-0.1, -0.05) is 31.9 Å². The third-order valence-electron chi connectivity index (χ3n) is 1.38. The molecule has 0 aromatic heterocycles. The zero-order chi connectivity index (χ0) is 9.72. The molecule has 0 spiro atoms. The molecular formula is C6H12Br2O4. The summed E-state index contributed by atoms with van der Waals surface area (Å²) >= 11 is 5.60. The van der Waals surface area contributed by atoms with Gasteiger partial charge in [-0.25, -0.2) is 0 Å². The maximum Gasteiger partial charge on any atom is 0.137 e. The van der Waals surface area contributed by atoms with Crippen LogP contribution in [0.15, 0.2) is 0 Å². The molecule has 0 aliphatic heterocycles. The van der Waals surface area contributed by atoms with Gasteiger partial charge >= 0.3 is 0 Å². The fourth-order valence-corrected chi connectivity index (χ4v) is 1.28. The smallest absolute Gasteiger partial charge is 0.137 e. The highest BCUT2D eigenvalue weighted by Gasteiger charge is 2.22. The lowest BCUT2D eigenvalue weighted by Crippen LogP contribution is -2.34. The zero-order valence-corrected chi connectivity index (χ0v) is 9.44. The number of rotatable bonds is 5. The molecule has 2 unspecified atom stereocenters. The second kappa shape index (κ2) is 6.28. The van der Waals surface area contributed by atoms with E-state index in [-0.39, 0.29) is 6.42 Å². The first kappa shape index (κ1) is 12.8. The molecule has 0 aliphatic carbocycles. The lowest BCUT2D eigenvalue weighted by molar-refractivity contribution is -0.0302. The van der Waals surface area contributed by atoms with Gasteiger partial charge in [0.15, 0.2) is 0 Å². The molecule has 4 nitrogen and oxygen atoms in total. The predicted molar refractivity (Wildman–Crippen MR) is 51.1 cm³/mol. The average Bonchev–Trinajstić information content (AvgIpc) is 1.98. The standard InChI is InChI=1S/C6H12Br2O4/c7-4(10)2-1-3(9)5(11)6(8)12/h3-6,9-12H,1-2H2/t3-,4?,5-,6?/m0/s1. The molecule has 0 saturated carbocycles. The zero-order valence-electron chi connectivity index (χ0n) is 6.27. The highest BCUT2D eigenvalue weighted by atomic mass is 79.9. The van der Waals surface area contributed by atoms with Gasteiger partial charge in [0.05, 0.1) is 6.10 Å². The van der Waals surface area contributed by atoms with Gasteiger partial charge in [0.1, 0.15) is 16.1 Å². The van der Waals surface area contributed by atoms with Gasteiger partial charge in [0.2, 0.25) is 0 Å². The van der Waals surface area contributed by atoms with E-state index in [9.17, 15) is 0 Å². The van der Waals surface area contributed by atoms with Crippen molar-refractivity contribution in [2.45, 2.75) is 35.1 Å². The maximum atomic E-state index is 9.17. The Balaban J connectivity index is 3.64. The number of hydrogen-bond acceptors (Lipinski definition) is 4. The number of halogens is 2. The molecule has 0 saturated heterocycles. The van der Waals surface area contributed by atoms with Crippen molar-refractivity contribution in [1.82, 2.24) is 0 Å². The van der Waals surface area contributed by atoms with E-state index in [2.05, 4.69) is 31.9 Å². The summed E-state index contributed by atoms with van der Waals surface area (Å²) in [6, 6.07) is 0. The predicted octanol–water partition coefficient (Wildman–Crippen LogP) is -0.0850. The summed E-state index contributed by atoms with van der Waals surface area (Å²) in [6.07, 6.45) is -1.73. The number of alkyl halides is 2. The van der Waals surface area contributed by atoms with Crippen LogP contribution in [0.1, 0.15) is 12.8 Å². The van der Waals surface area contributed by atoms with Crippen LogP contribution in [0.25, 0.3) is 0 Å². The minimum absolute atomic E-state index is 0.218. The Kier molecular flexibility index (Phi) is 6.70. The Bertz CT molecular complexity index is 120. The Morgan fingerprint density at radius 1 is 0.917 bits per heavy atom. The molecule has 0 rings (SSSR count). The molecule has 74 valence electrons. The van der Waals surface area contributed by atoms with Gasteiger partial charge in [-0.15, -0.1) is 0 Å². The molecule has 4 atom stereocenters. The molecule has 0 radical (unpaired) electrons. The van der Waals surface area contributed by atoms with Crippen LogP contribution in [0, 0.1) is 0 Å². The first-order valence-corrected chi connectivity index (χ1v) is 5.28. The molecular weight excluding hydrogens is 296 g/mol. The van der Waals surface area contributed by atoms with Crippen molar-refractivity contribution in [2.75, 3.05) is 0 Å². The Morgan fingerprint density at radius 3 is 1.75 bits per heavy atom. The summed E-state index contributed by atoms with van der Waals surface area (Å²) in [5.74, 6) is 0. The van der Waals surface area contributed by atoms with Crippen LogP contribution in [-0.2, 0) is 0 Å². The third kappa shape index (κ3) is 5.45. The van der Waals surface area contributed by atoms with Gasteiger partial charge < -0.3 is 20.4 Å². The number of hydrogen-bond donors (Lipinski definition) is 4. The van der Waals surface area contributed by atoms with Gasteiger partial charge in [-0.2, -0.15) is 0 Å². The summed E-state index contributed by atoms with van der Waals surface area (Å²) in [6.45, 7) is 0. The van der Waals surface area contributed by atoms with Crippen LogP contribution in [0.5, 0.6) is 0 Å². The van der Waals surface area contributed by atoms with Gasteiger partial charge in [0, 0.05) is 0 Å². The first-order valence-electron chi connectivity index (χ1n) is 3.45. The molecule has 0 fully saturated rings. The molecule has 6 heteroatoms. The van der Waals surface area contributed by atoms with E-state index < -0.39 is 22.2 Å². The minimum Gasteiger partial charge on any atom is -0.390 e. The summed E-state index contributed by atoms with van der Waals surface area (Å²) in [5.41, 5.74) is 0. The molecule has 12 heavy (non-hydrogen) atoms. The van der Waals surface area contributed by atoms with Crippen molar-refractivity contribution < 1.29 is 20.4 Å². The van der Waals surface area contributed by atoms with Crippen LogP contribution in [0.3, 0.4) is 0 Å². The van der Waals surface area contributed by atoms with Crippen molar-refractivity contribution >= 4 is 31.9 Å². The third-order valence-corrected chi connectivity index (χ3v) is 2.38. The van der Waals surface area contributed by atoms with Crippen LogP contribution < -0.4 is 0 Å². The Morgan fingerprint density at radius 2 is 1.42 bits per heavy atom. The molecule has 0 aliphatic rings. The van der Waals surface area contributed by atoms with Gasteiger partial charge in [-0.3, -0.25) is 0 Å². The van der Waals surface area contributed by atoms with Crippen LogP contribution in [-0.4, -0.2) is 42.7 Å². The molecule has 0 aromatic rings. The second-order valence-electron chi connectivity index (χ2n) is 2.44. The van der Waals surface area contributed by atoms with E-state index in [4.69, 9.17) is 20.4 Å². The first-order chi connectivity index (χ1) is 5.45. The lowest BCUT2D eigenvalue weighted by atomic mass is 10.1. The van der Waals surface area contributed by atoms with E-state index in [1.165, 1.54) is 0 Å². The highest BCUT2D eigenvalue weighted by molar-refractivity contribution is 9.09. The Hall–Kier alpha value is 0.800. The number of aliphatic hydroxyl groups is 4. The average molecular weight is 308 g/mol. The molecule has 4 N–H and O–H groups in total. The summed E-state index contributed by atoms with van der Waals surface area (Å²) in [7, 11) is 0. The minimum atomic E-state index is -1.23. The van der Waals surface area contributed by atoms with Crippen LogP contribution >= 0.6 is 31.9 Å². The van der Waals surface area contributed by atoms with E-state index in [1.54, 1.807) is 0 Å². The van der Waals surface area contributed by atoms with E-state index >= 15 is 0 Å². The summed E-state index contributed by atoms with van der Waals surface area (Å²) in [4.78, 5) is 0. The van der Waals surface area contributed by atoms with Crippen molar-refractivity contribution in [2.24, 2.45) is 0 Å². The van der Waals surface area contributed by atoms with Crippen LogP contribution in [0.4, 0.5) is 0 Å². The largest absolute Gasteiger partial charge is 0.390 e. The lowest BCUT2D eigenvalue weighted by Gasteiger charge is -2.19. The topological polar surface area (TPSA) is 80.9 Å². The SMILES string of the molecule is OC(Br)CC[C@H](O)[C@H](O)C(O)Br. The molecule has 0 heterocycles. The van der Waals surface area contributed by atoms with Crippen molar-refractivity contribution in [3.63, 3.8) is 0 Å². The summed E-state index contributed by atoms with van der Waals surface area (Å²) in [5, 5.41) is 34.0. The van der Waals surface area contributed by atoms with Crippen molar-refractivity contribution in [3.05, 3.63) is 0 Å². The van der Waals surface area contributed by atoms with Gasteiger partial charge in [0.25, 0.3) is 0 Å². The summed E-state index contributed by atoms with van der Waals surface area (Å²) < 4.78 is 0. The van der Waals surface area contributed by atoms with Crippen molar-refractivity contribution in [3.8, 4) is 0 Å². The highest BCUT2D eigenvalue weighted by Crippen LogP contribution is 2.13. The van der Waals surface area contributed by atoms with Gasteiger partial charge in [-0.05, 0) is 12.8 Å².